The molecule has 0 bridgehead atoms. The summed E-state index contributed by atoms with van der Waals surface area (Å²) in [7, 11) is 0. The van der Waals surface area contributed by atoms with Crippen molar-refractivity contribution < 1.29 is 4.74 Å². The molecule has 1 aromatic carbocycles. The van der Waals surface area contributed by atoms with Gasteiger partial charge in [-0.05, 0) is 25.5 Å². The fourth-order valence-electron chi connectivity index (χ4n) is 1.65. The van der Waals surface area contributed by atoms with Gasteiger partial charge in [-0.2, -0.15) is 4.98 Å². The number of para-hydroxylation sites is 1. The molecule has 0 spiro atoms. The van der Waals surface area contributed by atoms with Crippen molar-refractivity contribution in [3.63, 3.8) is 0 Å². The molecule has 1 aromatic heterocycles. The highest BCUT2D eigenvalue weighted by Gasteiger charge is 2.13. The second-order valence-corrected chi connectivity index (χ2v) is 3.98. The van der Waals surface area contributed by atoms with Gasteiger partial charge in [-0.1, -0.05) is 25.1 Å². The maximum atomic E-state index is 5.96. The minimum Gasteiger partial charge on any atom is -0.426 e. The van der Waals surface area contributed by atoms with Crippen molar-refractivity contribution in [2.75, 3.05) is 0 Å². The minimum absolute atomic E-state index is 0.0422. The lowest BCUT2D eigenvalue weighted by molar-refractivity contribution is 0.445. The van der Waals surface area contributed by atoms with Crippen molar-refractivity contribution in [3.05, 3.63) is 41.7 Å². The van der Waals surface area contributed by atoms with Crippen LogP contribution in [0.2, 0.25) is 0 Å². The van der Waals surface area contributed by atoms with Crippen molar-refractivity contribution in [2.24, 2.45) is 5.73 Å². The number of hydrogen-bond acceptors (Lipinski definition) is 3. The summed E-state index contributed by atoms with van der Waals surface area (Å²) in [5.74, 6) is 0.762. The molecular weight excluding hydrogens is 214 g/mol. The van der Waals surface area contributed by atoms with E-state index in [9.17, 15) is 0 Å². The summed E-state index contributed by atoms with van der Waals surface area (Å²) in [5.41, 5.74) is 7.80. The van der Waals surface area contributed by atoms with E-state index < -0.39 is 0 Å². The molecule has 0 aliphatic rings. The van der Waals surface area contributed by atoms with Crippen LogP contribution in [0.5, 0.6) is 11.8 Å². The van der Waals surface area contributed by atoms with E-state index in [-0.39, 0.29) is 6.04 Å². The SMILES string of the molecule is CCC(N)c1nc(Oc2ccccc2)[nH]c1C. The molecule has 0 saturated heterocycles. The maximum Gasteiger partial charge on any atom is 0.299 e. The summed E-state index contributed by atoms with van der Waals surface area (Å²) < 4.78 is 5.61. The van der Waals surface area contributed by atoms with Crippen LogP contribution >= 0.6 is 0 Å². The number of nitrogens with two attached hydrogens (primary N) is 1. The summed E-state index contributed by atoms with van der Waals surface area (Å²) in [5, 5.41) is 0. The number of benzene rings is 1. The molecule has 3 N–H and O–H groups in total. The number of imidazole rings is 1. The number of rotatable bonds is 4. The van der Waals surface area contributed by atoms with Crippen molar-refractivity contribution in [2.45, 2.75) is 26.3 Å². The van der Waals surface area contributed by atoms with Gasteiger partial charge in [0.1, 0.15) is 5.75 Å². The molecule has 0 saturated carbocycles. The molecule has 0 aliphatic heterocycles. The lowest BCUT2D eigenvalue weighted by atomic mass is 10.1. The lowest BCUT2D eigenvalue weighted by Crippen LogP contribution is -2.10. The molecule has 1 heterocycles. The van der Waals surface area contributed by atoms with Crippen LogP contribution in [0.4, 0.5) is 0 Å². The Morgan fingerprint density at radius 1 is 1.35 bits per heavy atom. The molecule has 2 rings (SSSR count). The normalized spacial score (nSPS) is 12.4. The number of hydrogen-bond donors (Lipinski definition) is 2. The number of nitrogens with zero attached hydrogens (tertiary/aromatic N) is 1. The maximum absolute atomic E-state index is 5.96. The van der Waals surface area contributed by atoms with Gasteiger partial charge in [-0.25, -0.2) is 0 Å². The Labute approximate surface area is 101 Å². The summed E-state index contributed by atoms with van der Waals surface area (Å²) in [6, 6.07) is 10.0. The predicted octanol–water partition coefficient (Wildman–Crippen LogP) is 2.92. The minimum atomic E-state index is -0.0422. The largest absolute Gasteiger partial charge is 0.426 e. The molecule has 2 aromatic rings. The van der Waals surface area contributed by atoms with Gasteiger partial charge in [0.15, 0.2) is 0 Å². The van der Waals surface area contributed by atoms with Gasteiger partial charge in [0.05, 0.1) is 5.69 Å². The number of aromatic amines is 1. The van der Waals surface area contributed by atoms with Crippen molar-refractivity contribution in [1.82, 2.24) is 9.97 Å². The summed E-state index contributed by atoms with van der Waals surface area (Å²) in [4.78, 5) is 7.47. The predicted molar refractivity (Wildman–Crippen MR) is 67.1 cm³/mol. The van der Waals surface area contributed by atoms with E-state index in [0.717, 1.165) is 23.6 Å². The third-order valence-electron chi connectivity index (χ3n) is 2.65. The van der Waals surface area contributed by atoms with E-state index in [2.05, 4.69) is 9.97 Å². The van der Waals surface area contributed by atoms with Crippen molar-refractivity contribution in [1.29, 1.82) is 0 Å². The second-order valence-electron chi connectivity index (χ2n) is 3.98. The first-order valence-electron chi connectivity index (χ1n) is 5.75. The van der Waals surface area contributed by atoms with Crippen LogP contribution in [0.15, 0.2) is 30.3 Å². The third kappa shape index (κ3) is 2.65. The van der Waals surface area contributed by atoms with E-state index in [1.165, 1.54) is 0 Å². The summed E-state index contributed by atoms with van der Waals surface area (Å²) in [6.07, 6.45) is 0.858. The summed E-state index contributed by atoms with van der Waals surface area (Å²) in [6.45, 7) is 3.99. The Morgan fingerprint density at radius 3 is 2.71 bits per heavy atom. The van der Waals surface area contributed by atoms with Crippen LogP contribution in [-0.2, 0) is 0 Å². The zero-order valence-corrected chi connectivity index (χ0v) is 10.1. The highest BCUT2D eigenvalue weighted by Crippen LogP contribution is 2.22. The first kappa shape index (κ1) is 11.7. The van der Waals surface area contributed by atoms with Crippen LogP contribution in [0.1, 0.15) is 30.8 Å². The standard InChI is InChI=1S/C13H17N3O/c1-3-11(14)12-9(2)15-13(16-12)17-10-7-5-4-6-8-10/h4-8,11H,3,14H2,1-2H3,(H,15,16). The molecule has 4 heteroatoms. The van der Waals surface area contributed by atoms with E-state index >= 15 is 0 Å². The van der Waals surface area contributed by atoms with E-state index in [1.807, 2.05) is 44.2 Å². The lowest BCUT2D eigenvalue weighted by Gasteiger charge is -2.04. The fraction of sp³-hybridized carbons (Fsp3) is 0.308. The Morgan fingerprint density at radius 2 is 2.06 bits per heavy atom. The van der Waals surface area contributed by atoms with Gasteiger partial charge in [-0.3, -0.25) is 0 Å². The first-order chi connectivity index (χ1) is 8.20. The number of H-pyrrole nitrogens is 1. The zero-order valence-electron chi connectivity index (χ0n) is 10.1. The van der Waals surface area contributed by atoms with E-state index in [4.69, 9.17) is 10.5 Å². The number of nitrogens with one attached hydrogen (secondary N) is 1. The van der Waals surface area contributed by atoms with E-state index in [0.29, 0.717) is 6.01 Å². The van der Waals surface area contributed by atoms with Crippen LogP contribution in [-0.4, -0.2) is 9.97 Å². The van der Waals surface area contributed by atoms with Crippen molar-refractivity contribution in [3.8, 4) is 11.8 Å². The quantitative estimate of drug-likeness (QED) is 0.850. The molecule has 0 fully saturated rings. The van der Waals surface area contributed by atoms with Gasteiger partial charge in [0.25, 0.3) is 6.01 Å². The summed E-state index contributed by atoms with van der Waals surface area (Å²) >= 11 is 0. The van der Waals surface area contributed by atoms with Crippen LogP contribution < -0.4 is 10.5 Å². The number of ether oxygens (including phenoxy) is 1. The van der Waals surface area contributed by atoms with Gasteiger partial charge in [0.2, 0.25) is 0 Å². The highest BCUT2D eigenvalue weighted by atomic mass is 16.5. The Bertz CT molecular complexity index is 479. The fourth-order valence-corrected chi connectivity index (χ4v) is 1.65. The van der Waals surface area contributed by atoms with Crippen LogP contribution in [0, 0.1) is 6.92 Å². The highest BCUT2D eigenvalue weighted by molar-refractivity contribution is 5.26. The van der Waals surface area contributed by atoms with Gasteiger partial charge >= 0.3 is 0 Å². The molecule has 1 unspecified atom stereocenters. The number of aryl methyl sites for hydroxylation is 1. The second kappa shape index (κ2) is 5.01. The molecule has 1 atom stereocenters. The van der Waals surface area contributed by atoms with Crippen LogP contribution in [0.25, 0.3) is 0 Å². The van der Waals surface area contributed by atoms with Crippen molar-refractivity contribution >= 4 is 0 Å². The smallest absolute Gasteiger partial charge is 0.299 e. The Balaban J connectivity index is 2.18. The molecule has 17 heavy (non-hydrogen) atoms. The molecule has 4 nitrogen and oxygen atoms in total. The first-order valence-corrected chi connectivity index (χ1v) is 5.75. The third-order valence-corrected chi connectivity index (χ3v) is 2.65. The Kier molecular flexibility index (Phi) is 3.44. The molecule has 0 amide bonds. The molecule has 90 valence electrons. The topological polar surface area (TPSA) is 63.9 Å². The van der Waals surface area contributed by atoms with E-state index in [1.54, 1.807) is 0 Å². The van der Waals surface area contributed by atoms with Gasteiger partial charge in [-0.15, -0.1) is 0 Å². The molecule has 0 radical (unpaired) electrons. The van der Waals surface area contributed by atoms with Crippen LogP contribution in [0.3, 0.4) is 0 Å². The zero-order chi connectivity index (χ0) is 12.3. The molecule has 0 aliphatic carbocycles. The number of aromatic nitrogens is 2. The average molecular weight is 231 g/mol. The molecular formula is C13H17N3O. The van der Waals surface area contributed by atoms with Gasteiger partial charge < -0.3 is 15.5 Å². The average Bonchev–Trinajstić information content (AvgIpc) is 2.70. The Hall–Kier alpha value is -1.81. The monoisotopic (exact) mass is 231 g/mol. The van der Waals surface area contributed by atoms with Gasteiger partial charge in [0, 0.05) is 11.7 Å².